The van der Waals surface area contributed by atoms with Crippen molar-refractivity contribution in [3.63, 3.8) is 0 Å². The quantitative estimate of drug-likeness (QED) is 0.814. The maximum atomic E-state index is 5.55. The second-order valence-corrected chi connectivity index (χ2v) is 4.54. The molecule has 0 bridgehead atoms. The number of nitrogens with zero attached hydrogens (tertiary/aromatic N) is 3. The Balaban J connectivity index is 2.41. The summed E-state index contributed by atoms with van der Waals surface area (Å²) in [5, 5.41) is 0. The van der Waals surface area contributed by atoms with Gasteiger partial charge in [0.2, 0.25) is 0 Å². The van der Waals surface area contributed by atoms with Gasteiger partial charge in [-0.15, -0.1) is 0 Å². The van der Waals surface area contributed by atoms with Crippen molar-refractivity contribution in [2.75, 3.05) is 18.9 Å². The average molecular weight is 238 g/mol. The molecule has 0 saturated carbocycles. The van der Waals surface area contributed by atoms with Crippen LogP contribution in [0, 0.1) is 0 Å². The molecule has 96 valence electrons. The zero-order chi connectivity index (χ0) is 12.8. The average Bonchev–Trinajstić information content (AvgIpc) is 2.23. The zero-order valence-electron chi connectivity index (χ0n) is 11.1. The van der Waals surface area contributed by atoms with Crippen molar-refractivity contribution in [1.29, 1.82) is 0 Å². The second kappa shape index (κ2) is 6.39. The highest BCUT2D eigenvalue weighted by molar-refractivity contribution is 5.26. The van der Waals surface area contributed by atoms with Crippen LogP contribution in [0.5, 0.6) is 6.01 Å². The fourth-order valence-electron chi connectivity index (χ4n) is 1.78. The van der Waals surface area contributed by atoms with E-state index in [1.54, 1.807) is 12.3 Å². The Morgan fingerprint density at radius 1 is 1.29 bits per heavy atom. The summed E-state index contributed by atoms with van der Waals surface area (Å²) in [5.41, 5.74) is 5.55. The van der Waals surface area contributed by atoms with Gasteiger partial charge < -0.3 is 10.5 Å². The first kappa shape index (κ1) is 13.7. The first-order valence-corrected chi connectivity index (χ1v) is 5.97. The van der Waals surface area contributed by atoms with Gasteiger partial charge in [-0.2, -0.15) is 4.98 Å². The van der Waals surface area contributed by atoms with Crippen LogP contribution in [0.15, 0.2) is 12.3 Å². The van der Waals surface area contributed by atoms with Gasteiger partial charge in [0.15, 0.2) is 0 Å². The summed E-state index contributed by atoms with van der Waals surface area (Å²) in [7, 11) is 0. The van der Waals surface area contributed by atoms with Gasteiger partial charge in [-0.3, -0.25) is 4.90 Å². The topological polar surface area (TPSA) is 64.3 Å². The molecule has 0 aliphatic rings. The van der Waals surface area contributed by atoms with Gasteiger partial charge >= 0.3 is 6.01 Å². The molecule has 0 spiro atoms. The summed E-state index contributed by atoms with van der Waals surface area (Å²) < 4.78 is 5.47. The first-order valence-electron chi connectivity index (χ1n) is 5.97. The van der Waals surface area contributed by atoms with E-state index in [0.29, 0.717) is 30.5 Å². The Kier molecular flexibility index (Phi) is 5.15. The van der Waals surface area contributed by atoms with E-state index >= 15 is 0 Å². The predicted octanol–water partition coefficient (Wildman–Crippen LogP) is 1.56. The predicted molar refractivity (Wildman–Crippen MR) is 68.9 cm³/mol. The monoisotopic (exact) mass is 238 g/mol. The van der Waals surface area contributed by atoms with Crippen LogP contribution < -0.4 is 10.5 Å². The van der Waals surface area contributed by atoms with Crippen molar-refractivity contribution in [2.24, 2.45) is 0 Å². The maximum absolute atomic E-state index is 5.55. The molecule has 0 atom stereocenters. The Bertz CT molecular complexity index is 333. The van der Waals surface area contributed by atoms with Crippen molar-refractivity contribution >= 4 is 5.82 Å². The molecule has 0 unspecified atom stereocenters. The molecule has 1 rings (SSSR count). The van der Waals surface area contributed by atoms with Crippen molar-refractivity contribution in [2.45, 2.75) is 39.8 Å². The van der Waals surface area contributed by atoms with E-state index in [1.807, 2.05) is 0 Å². The van der Waals surface area contributed by atoms with Gasteiger partial charge in [-0.05, 0) is 33.8 Å². The molecule has 0 aliphatic heterocycles. The fourth-order valence-corrected chi connectivity index (χ4v) is 1.78. The number of aromatic nitrogens is 2. The van der Waals surface area contributed by atoms with Gasteiger partial charge in [0.1, 0.15) is 12.4 Å². The second-order valence-electron chi connectivity index (χ2n) is 4.54. The number of nitrogen functional groups attached to an aromatic ring is 1. The molecule has 17 heavy (non-hydrogen) atoms. The molecule has 0 saturated heterocycles. The number of nitrogens with two attached hydrogens (primary N) is 1. The van der Waals surface area contributed by atoms with E-state index in [0.717, 1.165) is 6.54 Å². The summed E-state index contributed by atoms with van der Waals surface area (Å²) in [6, 6.07) is 2.99. The summed E-state index contributed by atoms with van der Waals surface area (Å²) in [6.07, 6.45) is 1.60. The summed E-state index contributed by atoms with van der Waals surface area (Å²) in [6.45, 7) is 10.1. The van der Waals surface area contributed by atoms with E-state index < -0.39 is 0 Å². The molecule has 0 radical (unpaired) electrons. The minimum Gasteiger partial charge on any atom is -0.462 e. The van der Waals surface area contributed by atoms with Crippen molar-refractivity contribution < 1.29 is 4.74 Å². The smallest absolute Gasteiger partial charge is 0.318 e. The van der Waals surface area contributed by atoms with Crippen molar-refractivity contribution in [3.8, 4) is 6.01 Å². The lowest BCUT2D eigenvalue weighted by Gasteiger charge is -2.30. The van der Waals surface area contributed by atoms with Crippen LogP contribution in [0.25, 0.3) is 0 Å². The SMILES string of the molecule is CC(C)N(CCOc1nccc(N)n1)C(C)C. The third-order valence-corrected chi connectivity index (χ3v) is 2.56. The largest absolute Gasteiger partial charge is 0.462 e. The molecule has 1 heterocycles. The van der Waals surface area contributed by atoms with E-state index in [2.05, 4.69) is 42.6 Å². The number of rotatable bonds is 6. The molecule has 0 aromatic carbocycles. The van der Waals surface area contributed by atoms with Crippen molar-refractivity contribution in [3.05, 3.63) is 12.3 Å². The minimum absolute atomic E-state index is 0.345. The molecule has 1 aromatic rings. The van der Waals surface area contributed by atoms with Crippen LogP contribution in [0.1, 0.15) is 27.7 Å². The third kappa shape index (κ3) is 4.56. The number of ether oxygens (including phenoxy) is 1. The van der Waals surface area contributed by atoms with Crippen LogP contribution in [0.4, 0.5) is 5.82 Å². The lowest BCUT2D eigenvalue weighted by atomic mass is 10.2. The van der Waals surface area contributed by atoms with Gasteiger partial charge in [0, 0.05) is 24.8 Å². The van der Waals surface area contributed by atoms with Gasteiger partial charge in [-0.1, -0.05) is 0 Å². The molecular weight excluding hydrogens is 216 g/mol. The van der Waals surface area contributed by atoms with Crippen LogP contribution in [0.3, 0.4) is 0 Å². The Morgan fingerprint density at radius 2 is 1.94 bits per heavy atom. The van der Waals surface area contributed by atoms with E-state index in [4.69, 9.17) is 10.5 Å². The summed E-state index contributed by atoms with van der Waals surface area (Å²) >= 11 is 0. The van der Waals surface area contributed by atoms with E-state index in [-0.39, 0.29) is 0 Å². The molecule has 2 N–H and O–H groups in total. The lowest BCUT2D eigenvalue weighted by Crippen LogP contribution is -2.39. The van der Waals surface area contributed by atoms with Crippen molar-refractivity contribution in [1.82, 2.24) is 14.9 Å². The Labute approximate surface area is 103 Å². The van der Waals surface area contributed by atoms with Gasteiger partial charge in [-0.25, -0.2) is 4.98 Å². The molecule has 5 heteroatoms. The molecule has 0 fully saturated rings. The number of hydrogen-bond donors (Lipinski definition) is 1. The fraction of sp³-hybridized carbons (Fsp3) is 0.667. The Hall–Kier alpha value is -1.36. The summed E-state index contributed by atoms with van der Waals surface area (Å²) in [5.74, 6) is 0.430. The van der Waals surface area contributed by atoms with Gasteiger partial charge in [0.05, 0.1) is 0 Å². The van der Waals surface area contributed by atoms with Crippen LogP contribution in [0.2, 0.25) is 0 Å². The molecule has 0 amide bonds. The maximum Gasteiger partial charge on any atom is 0.318 e. The number of anilines is 1. The van der Waals surface area contributed by atoms with E-state index in [1.165, 1.54) is 0 Å². The highest BCUT2D eigenvalue weighted by Crippen LogP contribution is 2.06. The lowest BCUT2D eigenvalue weighted by molar-refractivity contribution is 0.138. The molecule has 0 aliphatic carbocycles. The molecule has 1 aromatic heterocycles. The minimum atomic E-state index is 0.345. The highest BCUT2D eigenvalue weighted by atomic mass is 16.5. The van der Waals surface area contributed by atoms with Crippen LogP contribution in [-0.4, -0.2) is 40.1 Å². The van der Waals surface area contributed by atoms with E-state index in [9.17, 15) is 0 Å². The molecule has 5 nitrogen and oxygen atoms in total. The zero-order valence-corrected chi connectivity index (χ0v) is 11.1. The molecular formula is C12H22N4O. The summed E-state index contributed by atoms with van der Waals surface area (Å²) in [4.78, 5) is 10.3. The van der Waals surface area contributed by atoms with Crippen LogP contribution in [-0.2, 0) is 0 Å². The Morgan fingerprint density at radius 3 is 2.47 bits per heavy atom. The third-order valence-electron chi connectivity index (χ3n) is 2.56. The van der Waals surface area contributed by atoms with Crippen LogP contribution >= 0.6 is 0 Å². The highest BCUT2D eigenvalue weighted by Gasteiger charge is 2.13. The number of hydrogen-bond acceptors (Lipinski definition) is 5. The first-order chi connectivity index (χ1) is 8.00. The standard InChI is InChI=1S/C12H22N4O/c1-9(2)16(10(3)4)7-8-17-12-14-6-5-11(13)15-12/h5-6,9-10H,7-8H2,1-4H3,(H2,13,14,15). The van der Waals surface area contributed by atoms with Gasteiger partial charge in [0.25, 0.3) is 0 Å². The normalized spacial score (nSPS) is 11.5.